The van der Waals surface area contributed by atoms with Crippen molar-refractivity contribution in [2.75, 3.05) is 11.9 Å². The van der Waals surface area contributed by atoms with Crippen LogP contribution in [-0.4, -0.2) is 21.7 Å². The number of aromatic amines is 1. The summed E-state index contributed by atoms with van der Waals surface area (Å²) in [6.07, 6.45) is 2.30. The Hall–Kier alpha value is -2.62. The van der Waals surface area contributed by atoms with Crippen LogP contribution in [0.4, 0.5) is 5.69 Å². The molecule has 4 heteroatoms. The van der Waals surface area contributed by atoms with Crippen molar-refractivity contribution < 1.29 is 0 Å². The first-order valence-corrected chi connectivity index (χ1v) is 7.25. The van der Waals surface area contributed by atoms with E-state index in [-0.39, 0.29) is 0 Å². The molecule has 0 radical (unpaired) electrons. The lowest BCUT2D eigenvalue weighted by atomic mass is 10.0. The molecule has 0 unspecified atom stereocenters. The normalized spacial score (nSPS) is 13.5. The van der Waals surface area contributed by atoms with Gasteiger partial charge >= 0.3 is 0 Å². The standard InChI is InChI=1S/C17H16N4/c1-2-5-12(6-3-1)16-19-17(21-20-16)14-8-9-15-13(11-14)7-4-10-18-15/h1-3,5-6,8-9,11,18H,4,7,10H2,(H,19,20,21). The molecule has 1 aliphatic heterocycles. The van der Waals surface area contributed by atoms with Crippen molar-refractivity contribution in [2.24, 2.45) is 0 Å². The van der Waals surface area contributed by atoms with Crippen molar-refractivity contribution >= 4 is 5.69 Å². The van der Waals surface area contributed by atoms with Crippen LogP contribution < -0.4 is 5.32 Å². The van der Waals surface area contributed by atoms with Crippen molar-refractivity contribution in [3.8, 4) is 22.8 Å². The molecule has 21 heavy (non-hydrogen) atoms. The maximum absolute atomic E-state index is 4.61. The highest BCUT2D eigenvalue weighted by Crippen LogP contribution is 2.27. The van der Waals surface area contributed by atoms with Gasteiger partial charge in [0.15, 0.2) is 11.6 Å². The van der Waals surface area contributed by atoms with Crippen LogP contribution in [0.3, 0.4) is 0 Å². The summed E-state index contributed by atoms with van der Waals surface area (Å²) in [5, 5.41) is 10.8. The van der Waals surface area contributed by atoms with Crippen LogP contribution in [0.1, 0.15) is 12.0 Å². The second-order valence-corrected chi connectivity index (χ2v) is 5.28. The Morgan fingerprint density at radius 3 is 2.76 bits per heavy atom. The first kappa shape index (κ1) is 12.1. The van der Waals surface area contributed by atoms with Crippen LogP contribution in [0.15, 0.2) is 48.5 Å². The number of H-pyrrole nitrogens is 1. The van der Waals surface area contributed by atoms with Gasteiger partial charge in [0.05, 0.1) is 0 Å². The van der Waals surface area contributed by atoms with E-state index in [9.17, 15) is 0 Å². The zero-order valence-corrected chi connectivity index (χ0v) is 11.6. The largest absolute Gasteiger partial charge is 0.385 e. The first-order valence-electron chi connectivity index (χ1n) is 7.25. The van der Waals surface area contributed by atoms with Gasteiger partial charge in [-0.25, -0.2) is 4.98 Å². The van der Waals surface area contributed by atoms with E-state index >= 15 is 0 Å². The van der Waals surface area contributed by atoms with E-state index in [0.29, 0.717) is 0 Å². The van der Waals surface area contributed by atoms with Crippen LogP contribution >= 0.6 is 0 Å². The smallest absolute Gasteiger partial charge is 0.181 e. The fourth-order valence-electron chi connectivity index (χ4n) is 2.73. The van der Waals surface area contributed by atoms with Gasteiger partial charge in [-0.3, -0.25) is 5.10 Å². The molecule has 4 rings (SSSR count). The van der Waals surface area contributed by atoms with Gasteiger partial charge in [0.25, 0.3) is 0 Å². The van der Waals surface area contributed by atoms with Crippen LogP contribution in [0.25, 0.3) is 22.8 Å². The van der Waals surface area contributed by atoms with Gasteiger partial charge in [-0.15, -0.1) is 0 Å². The van der Waals surface area contributed by atoms with Crippen LogP contribution in [-0.2, 0) is 6.42 Å². The average Bonchev–Trinajstić information content (AvgIpc) is 3.05. The number of nitrogens with zero attached hydrogens (tertiary/aromatic N) is 2. The molecule has 0 amide bonds. The Labute approximate surface area is 123 Å². The van der Waals surface area contributed by atoms with Crippen LogP contribution in [0, 0.1) is 0 Å². The Bertz CT molecular complexity index is 761. The molecule has 0 saturated carbocycles. The Kier molecular flexibility index (Phi) is 2.92. The summed E-state index contributed by atoms with van der Waals surface area (Å²) in [6.45, 7) is 1.06. The number of benzene rings is 2. The quantitative estimate of drug-likeness (QED) is 0.753. The maximum Gasteiger partial charge on any atom is 0.181 e. The minimum absolute atomic E-state index is 0.752. The van der Waals surface area contributed by atoms with Crippen molar-refractivity contribution in [1.82, 2.24) is 15.2 Å². The highest BCUT2D eigenvalue weighted by Gasteiger charge is 2.12. The molecule has 0 aliphatic carbocycles. The molecule has 104 valence electrons. The van der Waals surface area contributed by atoms with Crippen molar-refractivity contribution in [2.45, 2.75) is 12.8 Å². The second kappa shape index (κ2) is 5.05. The van der Waals surface area contributed by atoms with E-state index in [0.717, 1.165) is 35.7 Å². The lowest BCUT2D eigenvalue weighted by Gasteiger charge is -2.18. The second-order valence-electron chi connectivity index (χ2n) is 5.28. The van der Waals surface area contributed by atoms with Gasteiger partial charge in [0.2, 0.25) is 0 Å². The lowest BCUT2D eigenvalue weighted by molar-refractivity contribution is 0.830. The van der Waals surface area contributed by atoms with E-state index < -0.39 is 0 Å². The number of fused-ring (bicyclic) bond motifs is 1. The van der Waals surface area contributed by atoms with Gasteiger partial charge in [-0.05, 0) is 36.6 Å². The molecule has 0 spiro atoms. The number of aromatic nitrogens is 3. The number of anilines is 1. The number of nitrogens with one attached hydrogen (secondary N) is 2. The third kappa shape index (κ3) is 2.29. The molecule has 0 fully saturated rings. The van der Waals surface area contributed by atoms with Gasteiger partial charge < -0.3 is 5.32 Å². The SMILES string of the molecule is c1ccc(-c2nc(-c3ccc4c(c3)CCCN4)n[nH]2)cc1. The van der Waals surface area contributed by atoms with Gasteiger partial charge in [0, 0.05) is 23.4 Å². The van der Waals surface area contributed by atoms with E-state index in [1.807, 2.05) is 30.3 Å². The molecule has 1 aliphatic rings. The minimum Gasteiger partial charge on any atom is -0.385 e. The number of hydrogen-bond donors (Lipinski definition) is 2. The third-order valence-corrected chi connectivity index (χ3v) is 3.83. The molecule has 4 nitrogen and oxygen atoms in total. The van der Waals surface area contributed by atoms with E-state index in [2.05, 4.69) is 38.7 Å². The molecule has 0 atom stereocenters. The third-order valence-electron chi connectivity index (χ3n) is 3.83. The first-order chi connectivity index (χ1) is 10.4. The zero-order chi connectivity index (χ0) is 14.1. The molecule has 1 aromatic heterocycles. The summed E-state index contributed by atoms with van der Waals surface area (Å²) in [7, 11) is 0. The summed E-state index contributed by atoms with van der Waals surface area (Å²) < 4.78 is 0. The van der Waals surface area contributed by atoms with Crippen LogP contribution in [0.5, 0.6) is 0 Å². The Balaban J connectivity index is 1.70. The highest BCUT2D eigenvalue weighted by atomic mass is 15.2. The summed E-state index contributed by atoms with van der Waals surface area (Å²) in [5.41, 5.74) is 4.71. The molecule has 2 heterocycles. The van der Waals surface area contributed by atoms with Crippen molar-refractivity contribution in [3.63, 3.8) is 0 Å². The number of rotatable bonds is 2. The Morgan fingerprint density at radius 2 is 1.86 bits per heavy atom. The maximum atomic E-state index is 4.61. The van der Waals surface area contributed by atoms with Gasteiger partial charge in [-0.1, -0.05) is 30.3 Å². The fraction of sp³-hybridized carbons (Fsp3) is 0.176. The highest BCUT2D eigenvalue weighted by molar-refractivity contribution is 5.66. The van der Waals surface area contributed by atoms with Crippen molar-refractivity contribution in [1.29, 1.82) is 0 Å². The number of aryl methyl sites for hydroxylation is 1. The zero-order valence-electron chi connectivity index (χ0n) is 11.6. The average molecular weight is 276 g/mol. The summed E-state index contributed by atoms with van der Waals surface area (Å²) in [6, 6.07) is 16.5. The molecular weight excluding hydrogens is 260 g/mol. The number of hydrogen-bond acceptors (Lipinski definition) is 3. The van der Waals surface area contributed by atoms with E-state index in [1.54, 1.807) is 0 Å². The predicted molar refractivity (Wildman–Crippen MR) is 84.1 cm³/mol. The summed E-state index contributed by atoms with van der Waals surface area (Å²) in [4.78, 5) is 4.61. The van der Waals surface area contributed by atoms with Crippen molar-refractivity contribution in [3.05, 3.63) is 54.1 Å². The van der Waals surface area contributed by atoms with Gasteiger partial charge in [0.1, 0.15) is 0 Å². The summed E-state index contributed by atoms with van der Waals surface area (Å²) >= 11 is 0. The van der Waals surface area contributed by atoms with E-state index in [1.165, 1.54) is 17.7 Å². The summed E-state index contributed by atoms with van der Waals surface area (Å²) in [5.74, 6) is 1.56. The molecule has 0 saturated heterocycles. The van der Waals surface area contributed by atoms with E-state index in [4.69, 9.17) is 0 Å². The van der Waals surface area contributed by atoms with Crippen LogP contribution in [0.2, 0.25) is 0 Å². The predicted octanol–water partition coefficient (Wildman–Crippen LogP) is 3.50. The fourth-order valence-corrected chi connectivity index (χ4v) is 2.73. The molecular formula is C17H16N4. The van der Waals surface area contributed by atoms with Gasteiger partial charge in [-0.2, -0.15) is 5.10 Å². The monoisotopic (exact) mass is 276 g/mol. The topological polar surface area (TPSA) is 53.6 Å². The molecule has 3 aromatic rings. The molecule has 2 N–H and O–H groups in total. The Morgan fingerprint density at radius 1 is 0.952 bits per heavy atom. The molecule has 0 bridgehead atoms. The molecule has 2 aromatic carbocycles. The lowest BCUT2D eigenvalue weighted by Crippen LogP contribution is -2.11. The minimum atomic E-state index is 0.752.